The average Bonchev–Trinajstić information content (AvgIpc) is 2.75. The average molecular weight is 246 g/mol. The lowest BCUT2D eigenvalue weighted by atomic mass is 10.1. The van der Waals surface area contributed by atoms with E-state index in [0.29, 0.717) is 12.2 Å². The molecule has 0 atom stereocenters. The zero-order valence-electron chi connectivity index (χ0n) is 10.9. The molecule has 1 aromatic heterocycles. The summed E-state index contributed by atoms with van der Waals surface area (Å²) in [6.07, 6.45) is 1.84. The van der Waals surface area contributed by atoms with Crippen LogP contribution in [0.25, 0.3) is 10.9 Å². The molecule has 0 fully saturated rings. The summed E-state index contributed by atoms with van der Waals surface area (Å²) in [7, 11) is 1.62. The lowest BCUT2D eigenvalue weighted by Crippen LogP contribution is -2.46. The minimum Gasteiger partial charge on any atom is -0.382 e. The number of fused-ring (bicyclic) bond motifs is 1. The van der Waals surface area contributed by atoms with Gasteiger partial charge in [0.25, 0.3) is 5.91 Å². The van der Waals surface area contributed by atoms with Crippen LogP contribution in [-0.4, -0.2) is 30.1 Å². The van der Waals surface area contributed by atoms with Crippen molar-refractivity contribution in [1.29, 1.82) is 0 Å². The summed E-state index contributed by atoms with van der Waals surface area (Å²) in [5, 5.41) is 4.01. The van der Waals surface area contributed by atoms with Crippen molar-refractivity contribution in [3.05, 3.63) is 36.0 Å². The molecule has 0 saturated carbocycles. The normalized spacial score (nSPS) is 11.7. The fraction of sp³-hybridized carbons (Fsp3) is 0.357. The van der Waals surface area contributed by atoms with Crippen LogP contribution < -0.4 is 5.32 Å². The third kappa shape index (κ3) is 2.54. The molecule has 0 unspecified atom stereocenters. The number of nitrogens with one attached hydrogen (secondary N) is 2. The van der Waals surface area contributed by atoms with Gasteiger partial charge in [0.1, 0.15) is 0 Å². The van der Waals surface area contributed by atoms with Crippen LogP contribution in [-0.2, 0) is 4.74 Å². The van der Waals surface area contributed by atoms with Crippen molar-refractivity contribution in [3.63, 3.8) is 0 Å². The first-order valence-electron chi connectivity index (χ1n) is 5.91. The van der Waals surface area contributed by atoms with Gasteiger partial charge in [0.05, 0.1) is 23.2 Å². The van der Waals surface area contributed by atoms with Gasteiger partial charge in [-0.2, -0.15) is 0 Å². The molecule has 96 valence electrons. The smallest absolute Gasteiger partial charge is 0.253 e. The van der Waals surface area contributed by atoms with E-state index in [-0.39, 0.29) is 11.4 Å². The topological polar surface area (TPSA) is 54.1 Å². The van der Waals surface area contributed by atoms with Crippen molar-refractivity contribution in [2.45, 2.75) is 19.4 Å². The van der Waals surface area contributed by atoms with E-state index in [2.05, 4.69) is 10.3 Å². The molecule has 0 aliphatic carbocycles. The van der Waals surface area contributed by atoms with E-state index >= 15 is 0 Å². The van der Waals surface area contributed by atoms with Crippen molar-refractivity contribution in [1.82, 2.24) is 10.3 Å². The van der Waals surface area contributed by atoms with Gasteiger partial charge in [0, 0.05) is 18.7 Å². The molecule has 1 heterocycles. The number of hydrogen-bond donors (Lipinski definition) is 2. The fourth-order valence-corrected chi connectivity index (χ4v) is 2.05. The Bertz CT molecular complexity index is 558. The molecule has 4 heteroatoms. The van der Waals surface area contributed by atoms with Crippen molar-refractivity contribution < 1.29 is 9.53 Å². The number of aromatic amines is 1. The molecule has 2 rings (SSSR count). The highest BCUT2D eigenvalue weighted by atomic mass is 16.5. The standard InChI is InChI=1S/C14H18N2O2/c1-14(2,9-18-3)16-13(17)11-6-4-5-10-7-8-15-12(10)11/h4-8,15H,9H2,1-3H3,(H,16,17). The Balaban J connectivity index is 2.26. The van der Waals surface area contributed by atoms with Gasteiger partial charge in [-0.1, -0.05) is 12.1 Å². The second kappa shape index (κ2) is 4.82. The fourth-order valence-electron chi connectivity index (χ4n) is 2.05. The Morgan fingerprint density at radius 2 is 2.17 bits per heavy atom. The summed E-state index contributed by atoms with van der Waals surface area (Å²) in [4.78, 5) is 15.4. The van der Waals surface area contributed by atoms with Gasteiger partial charge in [-0.15, -0.1) is 0 Å². The second-order valence-electron chi connectivity index (χ2n) is 5.02. The number of ether oxygens (including phenoxy) is 1. The molecule has 1 amide bonds. The zero-order chi connectivity index (χ0) is 13.2. The Morgan fingerprint density at radius 1 is 1.39 bits per heavy atom. The van der Waals surface area contributed by atoms with E-state index in [0.717, 1.165) is 10.9 Å². The Hall–Kier alpha value is -1.81. The number of carbonyl (C=O) groups is 1. The van der Waals surface area contributed by atoms with Gasteiger partial charge in [-0.25, -0.2) is 0 Å². The van der Waals surface area contributed by atoms with E-state index < -0.39 is 0 Å². The number of amides is 1. The van der Waals surface area contributed by atoms with Gasteiger partial charge in [-0.3, -0.25) is 4.79 Å². The van der Waals surface area contributed by atoms with Crippen molar-refractivity contribution in [2.24, 2.45) is 0 Å². The Kier molecular flexibility index (Phi) is 3.39. The van der Waals surface area contributed by atoms with Crippen LogP contribution in [0.15, 0.2) is 30.5 Å². The molecule has 0 saturated heterocycles. The van der Waals surface area contributed by atoms with Crippen LogP contribution in [0.1, 0.15) is 24.2 Å². The molecule has 0 spiro atoms. The Labute approximate surface area is 106 Å². The molecular weight excluding hydrogens is 228 g/mol. The SMILES string of the molecule is COCC(C)(C)NC(=O)c1cccc2cc[nH]c12. The predicted octanol–water partition coefficient (Wildman–Crippen LogP) is 2.32. The number of carbonyl (C=O) groups excluding carboxylic acids is 1. The molecule has 1 aromatic carbocycles. The van der Waals surface area contributed by atoms with Crippen LogP contribution in [0, 0.1) is 0 Å². The largest absolute Gasteiger partial charge is 0.382 e. The number of hydrogen-bond acceptors (Lipinski definition) is 2. The molecule has 0 aliphatic heterocycles. The number of aromatic nitrogens is 1. The van der Waals surface area contributed by atoms with Gasteiger partial charge in [-0.05, 0) is 26.0 Å². The summed E-state index contributed by atoms with van der Waals surface area (Å²) < 4.78 is 5.09. The molecule has 0 radical (unpaired) electrons. The molecule has 0 aliphatic rings. The highest BCUT2D eigenvalue weighted by Crippen LogP contribution is 2.17. The number of benzene rings is 1. The zero-order valence-corrected chi connectivity index (χ0v) is 10.9. The molecule has 4 nitrogen and oxygen atoms in total. The second-order valence-corrected chi connectivity index (χ2v) is 5.02. The Morgan fingerprint density at radius 3 is 2.89 bits per heavy atom. The van der Waals surface area contributed by atoms with Crippen LogP contribution >= 0.6 is 0 Å². The summed E-state index contributed by atoms with van der Waals surface area (Å²) in [5.74, 6) is -0.0925. The van der Waals surface area contributed by atoms with Crippen LogP contribution in [0.2, 0.25) is 0 Å². The van der Waals surface area contributed by atoms with Crippen LogP contribution in [0.4, 0.5) is 0 Å². The summed E-state index contributed by atoms with van der Waals surface area (Å²) in [6, 6.07) is 7.63. The monoisotopic (exact) mass is 246 g/mol. The minimum absolute atomic E-state index is 0.0925. The predicted molar refractivity (Wildman–Crippen MR) is 71.7 cm³/mol. The first kappa shape index (κ1) is 12.6. The van der Waals surface area contributed by atoms with Crippen molar-refractivity contribution in [2.75, 3.05) is 13.7 Å². The number of para-hydroxylation sites is 1. The summed E-state index contributed by atoms with van der Waals surface area (Å²) in [6.45, 7) is 4.34. The van der Waals surface area contributed by atoms with Crippen molar-refractivity contribution in [3.8, 4) is 0 Å². The minimum atomic E-state index is -0.388. The number of methoxy groups -OCH3 is 1. The van der Waals surface area contributed by atoms with Gasteiger partial charge < -0.3 is 15.0 Å². The third-order valence-corrected chi connectivity index (χ3v) is 2.79. The maximum atomic E-state index is 12.3. The van der Waals surface area contributed by atoms with E-state index in [4.69, 9.17) is 4.74 Å². The summed E-state index contributed by atoms with van der Waals surface area (Å²) in [5.41, 5.74) is 1.13. The van der Waals surface area contributed by atoms with Crippen molar-refractivity contribution >= 4 is 16.8 Å². The lowest BCUT2D eigenvalue weighted by Gasteiger charge is -2.25. The molecule has 2 N–H and O–H groups in total. The lowest BCUT2D eigenvalue weighted by molar-refractivity contribution is 0.0821. The first-order chi connectivity index (χ1) is 8.53. The highest BCUT2D eigenvalue weighted by Gasteiger charge is 2.22. The number of H-pyrrole nitrogens is 1. The van der Waals surface area contributed by atoms with E-state index in [1.165, 1.54) is 0 Å². The van der Waals surface area contributed by atoms with E-state index in [1.54, 1.807) is 7.11 Å². The van der Waals surface area contributed by atoms with Gasteiger partial charge in [0.2, 0.25) is 0 Å². The quantitative estimate of drug-likeness (QED) is 0.870. The van der Waals surface area contributed by atoms with E-state index in [9.17, 15) is 4.79 Å². The molecule has 0 bridgehead atoms. The maximum Gasteiger partial charge on any atom is 0.253 e. The highest BCUT2D eigenvalue weighted by molar-refractivity contribution is 6.05. The van der Waals surface area contributed by atoms with Gasteiger partial charge in [0.15, 0.2) is 0 Å². The molecule has 18 heavy (non-hydrogen) atoms. The van der Waals surface area contributed by atoms with Gasteiger partial charge >= 0.3 is 0 Å². The molecule has 2 aromatic rings. The van der Waals surface area contributed by atoms with E-state index in [1.807, 2.05) is 44.3 Å². The first-order valence-corrected chi connectivity index (χ1v) is 5.91. The molecular formula is C14H18N2O2. The maximum absolute atomic E-state index is 12.3. The summed E-state index contributed by atoms with van der Waals surface area (Å²) >= 11 is 0. The number of rotatable bonds is 4. The van der Waals surface area contributed by atoms with Crippen LogP contribution in [0.3, 0.4) is 0 Å². The third-order valence-electron chi connectivity index (χ3n) is 2.79. The van der Waals surface area contributed by atoms with Crippen LogP contribution in [0.5, 0.6) is 0 Å².